The van der Waals surface area contributed by atoms with E-state index in [1.807, 2.05) is 6.92 Å². The van der Waals surface area contributed by atoms with Crippen molar-refractivity contribution in [2.45, 2.75) is 13.0 Å². The molecule has 0 heterocycles. The monoisotopic (exact) mass is 236 g/mol. The van der Waals surface area contributed by atoms with Gasteiger partial charge in [0.25, 0.3) is 5.69 Å². The lowest BCUT2D eigenvalue weighted by Crippen LogP contribution is -2.22. The van der Waals surface area contributed by atoms with E-state index in [0.29, 0.717) is 18.7 Å². The third-order valence-electron chi connectivity index (χ3n) is 2.25. The summed E-state index contributed by atoms with van der Waals surface area (Å²) in [6.07, 6.45) is -0.671. The van der Waals surface area contributed by atoms with Crippen LogP contribution in [0.1, 0.15) is 18.6 Å². The Labute approximate surface area is 99.9 Å². The highest BCUT2D eigenvalue weighted by Gasteiger charge is 2.09. The van der Waals surface area contributed by atoms with E-state index < -0.39 is 11.0 Å². The van der Waals surface area contributed by atoms with Crippen LogP contribution < -0.4 is 5.32 Å². The normalized spacial score (nSPS) is 12.1. The van der Waals surface area contributed by atoms with Crippen LogP contribution in [0.3, 0.4) is 0 Å². The van der Waals surface area contributed by atoms with Gasteiger partial charge in [0.1, 0.15) is 0 Å². The second kappa shape index (κ2) is 6.12. The largest absolute Gasteiger partial charge is 0.387 e. The van der Waals surface area contributed by atoms with Gasteiger partial charge in [-0.2, -0.15) is 0 Å². The Bertz CT molecular complexity index is 401. The molecule has 0 amide bonds. The smallest absolute Gasteiger partial charge is 0.269 e. The van der Waals surface area contributed by atoms with Crippen LogP contribution in [0.15, 0.2) is 36.4 Å². The van der Waals surface area contributed by atoms with Crippen LogP contribution in [0.4, 0.5) is 5.69 Å². The van der Waals surface area contributed by atoms with Gasteiger partial charge in [-0.1, -0.05) is 12.2 Å². The SMILES string of the molecule is C=C(C)CNCC(O)c1ccc([N+](=O)[O-])cc1. The maximum Gasteiger partial charge on any atom is 0.269 e. The number of nitro benzene ring substituents is 1. The van der Waals surface area contributed by atoms with E-state index in [0.717, 1.165) is 5.57 Å². The number of nitro groups is 1. The first-order valence-corrected chi connectivity index (χ1v) is 5.28. The van der Waals surface area contributed by atoms with Crippen molar-refractivity contribution in [3.8, 4) is 0 Å². The van der Waals surface area contributed by atoms with E-state index in [9.17, 15) is 15.2 Å². The molecule has 0 aliphatic heterocycles. The Morgan fingerprint density at radius 2 is 2.12 bits per heavy atom. The average Bonchev–Trinajstić information content (AvgIpc) is 2.28. The summed E-state index contributed by atoms with van der Waals surface area (Å²) in [5, 5.41) is 23.3. The first kappa shape index (κ1) is 13.3. The lowest BCUT2D eigenvalue weighted by molar-refractivity contribution is -0.384. The fourth-order valence-electron chi connectivity index (χ4n) is 1.36. The zero-order chi connectivity index (χ0) is 12.8. The third-order valence-corrected chi connectivity index (χ3v) is 2.25. The van der Waals surface area contributed by atoms with Crippen LogP contribution in [0, 0.1) is 10.1 Å². The third kappa shape index (κ3) is 4.34. The molecular formula is C12H16N2O3. The Hall–Kier alpha value is -1.72. The van der Waals surface area contributed by atoms with Gasteiger partial charge in [-0.3, -0.25) is 10.1 Å². The number of nitrogens with zero attached hydrogens (tertiary/aromatic N) is 1. The number of benzene rings is 1. The van der Waals surface area contributed by atoms with Gasteiger partial charge in [-0.05, 0) is 24.6 Å². The van der Waals surface area contributed by atoms with Gasteiger partial charge in [0, 0.05) is 25.2 Å². The molecule has 1 aromatic carbocycles. The van der Waals surface area contributed by atoms with Crippen LogP contribution >= 0.6 is 0 Å². The molecule has 1 atom stereocenters. The van der Waals surface area contributed by atoms with Gasteiger partial charge in [0.05, 0.1) is 11.0 Å². The number of nitrogens with one attached hydrogen (secondary N) is 1. The van der Waals surface area contributed by atoms with Crippen molar-refractivity contribution in [3.63, 3.8) is 0 Å². The minimum Gasteiger partial charge on any atom is -0.387 e. The molecule has 0 aliphatic rings. The van der Waals surface area contributed by atoms with Gasteiger partial charge >= 0.3 is 0 Å². The molecular weight excluding hydrogens is 220 g/mol. The number of aliphatic hydroxyl groups excluding tert-OH is 1. The van der Waals surface area contributed by atoms with Gasteiger partial charge in [-0.25, -0.2) is 0 Å². The molecule has 1 unspecified atom stereocenters. The van der Waals surface area contributed by atoms with Crippen molar-refractivity contribution in [2.75, 3.05) is 13.1 Å². The van der Waals surface area contributed by atoms with Gasteiger partial charge in [-0.15, -0.1) is 0 Å². The highest BCUT2D eigenvalue weighted by molar-refractivity contribution is 5.33. The number of rotatable bonds is 6. The number of non-ortho nitro benzene ring substituents is 1. The summed E-state index contributed by atoms with van der Waals surface area (Å²) >= 11 is 0. The summed E-state index contributed by atoms with van der Waals surface area (Å²) in [4.78, 5) is 9.99. The van der Waals surface area contributed by atoms with Crippen molar-refractivity contribution in [2.24, 2.45) is 0 Å². The molecule has 1 rings (SSSR count). The zero-order valence-corrected chi connectivity index (χ0v) is 9.72. The number of hydrogen-bond donors (Lipinski definition) is 2. The Balaban J connectivity index is 2.54. The number of hydrogen-bond acceptors (Lipinski definition) is 4. The molecule has 0 bridgehead atoms. The van der Waals surface area contributed by atoms with Crippen molar-refractivity contribution >= 4 is 5.69 Å². The standard InChI is InChI=1S/C12H16N2O3/c1-9(2)7-13-8-12(15)10-3-5-11(6-4-10)14(16)17/h3-6,12-13,15H,1,7-8H2,2H3. The molecule has 5 heteroatoms. The minimum absolute atomic E-state index is 0.0239. The summed E-state index contributed by atoms with van der Waals surface area (Å²) in [5.74, 6) is 0. The molecule has 0 radical (unpaired) electrons. The zero-order valence-electron chi connectivity index (χ0n) is 9.72. The first-order chi connectivity index (χ1) is 8.00. The molecule has 0 aliphatic carbocycles. The highest BCUT2D eigenvalue weighted by Crippen LogP contribution is 2.17. The summed E-state index contributed by atoms with van der Waals surface area (Å²) in [6, 6.07) is 5.89. The predicted molar refractivity (Wildman–Crippen MR) is 65.7 cm³/mol. The second-order valence-electron chi connectivity index (χ2n) is 3.95. The summed E-state index contributed by atoms with van der Waals surface area (Å²) < 4.78 is 0. The van der Waals surface area contributed by atoms with Crippen LogP contribution in [-0.4, -0.2) is 23.1 Å². The molecule has 0 saturated heterocycles. The molecule has 2 N–H and O–H groups in total. The fraction of sp³-hybridized carbons (Fsp3) is 0.333. The summed E-state index contributed by atoms with van der Waals surface area (Å²) in [5.41, 5.74) is 1.67. The van der Waals surface area contributed by atoms with E-state index >= 15 is 0 Å². The van der Waals surface area contributed by atoms with Crippen molar-refractivity contribution in [1.82, 2.24) is 5.32 Å². The molecule has 92 valence electrons. The Kier molecular flexibility index (Phi) is 4.81. The van der Waals surface area contributed by atoms with Crippen molar-refractivity contribution < 1.29 is 10.0 Å². The van der Waals surface area contributed by atoms with Gasteiger partial charge in [0.2, 0.25) is 0 Å². The lowest BCUT2D eigenvalue weighted by Gasteiger charge is -2.11. The maximum absolute atomic E-state index is 10.5. The van der Waals surface area contributed by atoms with Crippen molar-refractivity contribution in [3.05, 3.63) is 52.1 Å². The van der Waals surface area contributed by atoms with Crippen LogP contribution in [0.5, 0.6) is 0 Å². The van der Waals surface area contributed by atoms with E-state index in [1.54, 1.807) is 12.1 Å². The quantitative estimate of drug-likeness (QED) is 0.448. The minimum atomic E-state index is -0.671. The molecule has 0 saturated carbocycles. The van der Waals surface area contributed by atoms with E-state index in [2.05, 4.69) is 11.9 Å². The van der Waals surface area contributed by atoms with E-state index in [1.165, 1.54) is 12.1 Å². The molecule has 0 aromatic heterocycles. The molecule has 0 spiro atoms. The maximum atomic E-state index is 10.5. The van der Waals surface area contributed by atoms with Crippen LogP contribution in [0.2, 0.25) is 0 Å². The fourth-order valence-corrected chi connectivity index (χ4v) is 1.36. The van der Waals surface area contributed by atoms with Gasteiger partial charge < -0.3 is 10.4 Å². The first-order valence-electron chi connectivity index (χ1n) is 5.28. The molecule has 0 fully saturated rings. The van der Waals surface area contributed by atoms with Crippen LogP contribution in [0.25, 0.3) is 0 Å². The van der Waals surface area contributed by atoms with E-state index in [4.69, 9.17) is 0 Å². The lowest BCUT2D eigenvalue weighted by atomic mass is 10.1. The van der Waals surface area contributed by atoms with E-state index in [-0.39, 0.29) is 5.69 Å². The predicted octanol–water partition coefficient (Wildman–Crippen LogP) is 1.79. The number of aliphatic hydroxyl groups is 1. The second-order valence-corrected chi connectivity index (χ2v) is 3.95. The molecule has 5 nitrogen and oxygen atoms in total. The summed E-state index contributed by atoms with van der Waals surface area (Å²) in [6.45, 7) is 6.67. The highest BCUT2D eigenvalue weighted by atomic mass is 16.6. The van der Waals surface area contributed by atoms with Gasteiger partial charge in [0.15, 0.2) is 0 Å². The summed E-state index contributed by atoms with van der Waals surface area (Å²) in [7, 11) is 0. The van der Waals surface area contributed by atoms with Crippen LogP contribution in [-0.2, 0) is 0 Å². The Morgan fingerprint density at radius 3 is 2.59 bits per heavy atom. The average molecular weight is 236 g/mol. The van der Waals surface area contributed by atoms with Crippen molar-refractivity contribution in [1.29, 1.82) is 0 Å². The molecule has 17 heavy (non-hydrogen) atoms. The topological polar surface area (TPSA) is 75.4 Å². The Morgan fingerprint density at radius 1 is 1.53 bits per heavy atom. The molecule has 1 aromatic rings.